The highest BCUT2D eigenvalue weighted by Crippen LogP contribution is 2.25. The fraction of sp³-hybridized carbons (Fsp3) is 0.368. The second-order valence-corrected chi connectivity index (χ2v) is 6.40. The summed E-state index contributed by atoms with van der Waals surface area (Å²) in [5.74, 6) is -0.148. The van der Waals surface area contributed by atoms with Crippen molar-refractivity contribution in [1.29, 1.82) is 0 Å². The van der Waals surface area contributed by atoms with Crippen molar-refractivity contribution in [2.45, 2.75) is 25.9 Å². The Bertz CT molecular complexity index is 751. The maximum Gasteiger partial charge on any atom is 0.257 e. The largest absolute Gasteiger partial charge is 0.393 e. The van der Waals surface area contributed by atoms with Crippen LogP contribution in [0, 0.1) is 11.7 Å². The number of carbonyl (C=O) groups excluding carboxylic acids is 1. The summed E-state index contributed by atoms with van der Waals surface area (Å²) in [5, 5.41) is 12.7. The molecule has 2 N–H and O–H groups in total. The lowest BCUT2D eigenvalue weighted by Gasteiger charge is -2.34. The van der Waals surface area contributed by atoms with E-state index >= 15 is 0 Å². The molecule has 0 bridgehead atoms. The molecule has 2 heterocycles. The van der Waals surface area contributed by atoms with E-state index in [0.29, 0.717) is 24.5 Å². The van der Waals surface area contributed by atoms with E-state index in [2.05, 4.69) is 10.3 Å². The molecule has 25 heavy (non-hydrogen) atoms. The third kappa shape index (κ3) is 3.96. The SMILES string of the molecule is CC(O)C1CCCN(C(=O)c2cccnc2Nc2ccccc2F)C1. The summed E-state index contributed by atoms with van der Waals surface area (Å²) >= 11 is 0. The molecular formula is C19H22FN3O2. The molecule has 5 nitrogen and oxygen atoms in total. The molecule has 2 unspecified atom stereocenters. The normalized spacial score (nSPS) is 18.7. The third-order valence-electron chi connectivity index (χ3n) is 4.59. The van der Waals surface area contributed by atoms with Crippen LogP contribution < -0.4 is 5.32 Å². The Kier molecular flexibility index (Phi) is 5.28. The zero-order chi connectivity index (χ0) is 17.8. The Morgan fingerprint density at radius 1 is 1.36 bits per heavy atom. The van der Waals surface area contributed by atoms with Gasteiger partial charge in [-0.15, -0.1) is 0 Å². The maximum absolute atomic E-state index is 13.9. The highest BCUT2D eigenvalue weighted by molar-refractivity contribution is 5.99. The van der Waals surface area contributed by atoms with Crippen molar-refractivity contribution in [2.24, 2.45) is 5.92 Å². The number of amides is 1. The van der Waals surface area contributed by atoms with Gasteiger partial charge in [-0.25, -0.2) is 9.37 Å². The summed E-state index contributed by atoms with van der Waals surface area (Å²) in [5.41, 5.74) is 0.674. The summed E-state index contributed by atoms with van der Waals surface area (Å²) in [6, 6.07) is 9.65. The minimum Gasteiger partial charge on any atom is -0.393 e. The second kappa shape index (κ2) is 7.61. The number of anilines is 2. The van der Waals surface area contributed by atoms with Crippen LogP contribution in [0.2, 0.25) is 0 Å². The quantitative estimate of drug-likeness (QED) is 0.895. The Labute approximate surface area is 146 Å². The number of nitrogens with zero attached hydrogens (tertiary/aromatic N) is 2. The number of halogens is 1. The molecule has 0 aliphatic carbocycles. The minimum absolute atomic E-state index is 0.0809. The molecule has 1 aromatic carbocycles. The lowest BCUT2D eigenvalue weighted by Crippen LogP contribution is -2.43. The first kappa shape index (κ1) is 17.4. The summed E-state index contributed by atoms with van der Waals surface area (Å²) < 4.78 is 13.9. The van der Waals surface area contributed by atoms with Crippen molar-refractivity contribution in [3.8, 4) is 0 Å². The molecule has 0 radical (unpaired) electrons. The van der Waals surface area contributed by atoms with Gasteiger partial charge in [-0.3, -0.25) is 4.79 Å². The molecule has 1 saturated heterocycles. The van der Waals surface area contributed by atoms with Crippen LogP contribution >= 0.6 is 0 Å². The zero-order valence-electron chi connectivity index (χ0n) is 14.2. The molecule has 132 valence electrons. The number of benzene rings is 1. The van der Waals surface area contributed by atoms with E-state index in [1.807, 2.05) is 0 Å². The number of hydrogen-bond donors (Lipinski definition) is 2. The molecule has 6 heteroatoms. The first-order valence-electron chi connectivity index (χ1n) is 8.50. The first-order chi connectivity index (χ1) is 12.1. The van der Waals surface area contributed by atoms with Crippen molar-refractivity contribution in [3.63, 3.8) is 0 Å². The number of nitrogens with one attached hydrogen (secondary N) is 1. The van der Waals surface area contributed by atoms with Gasteiger partial charge in [0.1, 0.15) is 11.6 Å². The number of para-hydroxylation sites is 1. The molecular weight excluding hydrogens is 321 g/mol. The van der Waals surface area contributed by atoms with Gasteiger partial charge in [-0.05, 0) is 44.0 Å². The molecule has 1 aliphatic heterocycles. The van der Waals surface area contributed by atoms with Crippen LogP contribution in [0.5, 0.6) is 0 Å². The summed E-state index contributed by atoms with van der Waals surface area (Å²) in [6.45, 7) is 2.93. The van der Waals surface area contributed by atoms with Crippen molar-refractivity contribution >= 4 is 17.4 Å². The van der Waals surface area contributed by atoms with E-state index in [1.54, 1.807) is 48.4 Å². The predicted octanol–water partition coefficient (Wildman–Crippen LogP) is 3.20. The van der Waals surface area contributed by atoms with Crippen LogP contribution in [-0.4, -0.2) is 40.1 Å². The molecule has 1 amide bonds. The van der Waals surface area contributed by atoms with Gasteiger partial charge >= 0.3 is 0 Å². The second-order valence-electron chi connectivity index (χ2n) is 6.40. The number of carbonyl (C=O) groups is 1. The summed E-state index contributed by atoms with van der Waals surface area (Å²) in [7, 11) is 0. The smallest absolute Gasteiger partial charge is 0.257 e. The Morgan fingerprint density at radius 2 is 2.16 bits per heavy atom. The number of aliphatic hydroxyl groups excluding tert-OH is 1. The number of rotatable bonds is 4. The van der Waals surface area contributed by atoms with Gasteiger partial charge < -0.3 is 15.3 Å². The monoisotopic (exact) mass is 343 g/mol. The topological polar surface area (TPSA) is 65.5 Å². The number of piperidine rings is 1. The van der Waals surface area contributed by atoms with Gasteiger partial charge in [0.15, 0.2) is 0 Å². The van der Waals surface area contributed by atoms with Crippen molar-refractivity contribution in [1.82, 2.24) is 9.88 Å². The molecule has 0 saturated carbocycles. The average molecular weight is 343 g/mol. The Balaban J connectivity index is 1.83. The lowest BCUT2D eigenvalue weighted by atomic mass is 9.93. The van der Waals surface area contributed by atoms with Gasteiger partial charge in [0.25, 0.3) is 5.91 Å². The fourth-order valence-corrected chi connectivity index (χ4v) is 3.13. The van der Waals surface area contributed by atoms with Crippen LogP contribution in [-0.2, 0) is 0 Å². The maximum atomic E-state index is 13.9. The van der Waals surface area contributed by atoms with Crippen molar-refractivity contribution < 1.29 is 14.3 Å². The van der Waals surface area contributed by atoms with E-state index in [4.69, 9.17) is 0 Å². The molecule has 0 spiro atoms. The van der Waals surface area contributed by atoms with Gasteiger partial charge in [0.05, 0.1) is 17.4 Å². The Hall–Kier alpha value is -2.47. The highest BCUT2D eigenvalue weighted by atomic mass is 19.1. The highest BCUT2D eigenvalue weighted by Gasteiger charge is 2.28. The standard InChI is InChI=1S/C19H22FN3O2/c1-13(24)14-6-5-11-23(12-14)19(25)15-7-4-10-21-18(15)22-17-9-3-2-8-16(17)20/h2-4,7-10,13-14,24H,5-6,11-12H2,1H3,(H,21,22). The third-order valence-corrected chi connectivity index (χ3v) is 4.59. The van der Waals surface area contributed by atoms with E-state index < -0.39 is 11.9 Å². The van der Waals surface area contributed by atoms with E-state index in [1.165, 1.54) is 6.07 Å². The van der Waals surface area contributed by atoms with Crippen LogP contribution in [0.4, 0.5) is 15.9 Å². The van der Waals surface area contributed by atoms with Crippen LogP contribution in [0.1, 0.15) is 30.1 Å². The predicted molar refractivity (Wildman–Crippen MR) is 94.2 cm³/mol. The molecule has 1 fully saturated rings. The van der Waals surface area contributed by atoms with Crippen molar-refractivity contribution in [3.05, 3.63) is 54.0 Å². The number of aromatic nitrogens is 1. The number of hydrogen-bond acceptors (Lipinski definition) is 4. The average Bonchev–Trinajstić information content (AvgIpc) is 2.63. The summed E-state index contributed by atoms with van der Waals surface area (Å²) in [4.78, 5) is 18.9. The Morgan fingerprint density at radius 3 is 2.92 bits per heavy atom. The van der Waals surface area contributed by atoms with Gasteiger partial charge in [0, 0.05) is 25.2 Å². The lowest BCUT2D eigenvalue weighted by molar-refractivity contribution is 0.0466. The van der Waals surface area contributed by atoms with E-state index in [0.717, 1.165) is 12.8 Å². The molecule has 3 rings (SSSR count). The molecule has 2 aromatic rings. The number of likely N-dealkylation sites (tertiary alicyclic amines) is 1. The molecule has 1 aliphatic rings. The fourth-order valence-electron chi connectivity index (χ4n) is 3.13. The van der Waals surface area contributed by atoms with Gasteiger partial charge in [-0.1, -0.05) is 12.1 Å². The van der Waals surface area contributed by atoms with E-state index in [9.17, 15) is 14.3 Å². The number of pyridine rings is 1. The molecule has 1 aromatic heterocycles. The van der Waals surface area contributed by atoms with Gasteiger partial charge in [-0.2, -0.15) is 0 Å². The zero-order valence-corrected chi connectivity index (χ0v) is 14.2. The van der Waals surface area contributed by atoms with E-state index in [-0.39, 0.29) is 17.5 Å². The van der Waals surface area contributed by atoms with Gasteiger partial charge in [0.2, 0.25) is 0 Å². The molecule has 2 atom stereocenters. The minimum atomic E-state index is -0.444. The number of aliphatic hydroxyl groups is 1. The van der Waals surface area contributed by atoms with Crippen LogP contribution in [0.3, 0.4) is 0 Å². The summed E-state index contributed by atoms with van der Waals surface area (Å²) in [6.07, 6.45) is 2.89. The van der Waals surface area contributed by atoms with Crippen LogP contribution in [0.15, 0.2) is 42.6 Å². The van der Waals surface area contributed by atoms with Crippen molar-refractivity contribution in [2.75, 3.05) is 18.4 Å². The first-order valence-corrected chi connectivity index (χ1v) is 8.50. The van der Waals surface area contributed by atoms with Crippen LogP contribution in [0.25, 0.3) is 0 Å².